The van der Waals surface area contributed by atoms with Crippen LogP contribution >= 0.6 is 23.2 Å². The van der Waals surface area contributed by atoms with Crippen LogP contribution in [0.3, 0.4) is 0 Å². The summed E-state index contributed by atoms with van der Waals surface area (Å²) in [6, 6.07) is 2.75. The number of nitrogens with one attached hydrogen (secondary N) is 2. The second-order valence-corrected chi connectivity index (χ2v) is 9.75. The number of aromatic nitrogens is 2. The molecule has 1 amide bonds. The fourth-order valence-corrected chi connectivity index (χ4v) is 4.65. The van der Waals surface area contributed by atoms with Crippen molar-refractivity contribution >= 4 is 46.4 Å². The van der Waals surface area contributed by atoms with Crippen molar-refractivity contribution in [2.45, 2.75) is 65.2 Å². The summed E-state index contributed by atoms with van der Waals surface area (Å²) in [7, 11) is 0. The predicted octanol–water partition coefficient (Wildman–Crippen LogP) is 6.13. The average Bonchev–Trinajstić information content (AvgIpc) is 3.14. The van der Waals surface area contributed by atoms with E-state index in [1.807, 2.05) is 6.92 Å². The van der Waals surface area contributed by atoms with Gasteiger partial charge in [0.25, 0.3) is 5.91 Å². The highest BCUT2D eigenvalue weighted by molar-refractivity contribution is 7.51. The zero-order valence-electron chi connectivity index (χ0n) is 20.1. The fraction of sp³-hybridized carbons (Fsp3) is 0.565. The number of aryl methyl sites for hydroxylation is 1. The number of alkyl halides is 3. The van der Waals surface area contributed by atoms with Gasteiger partial charge in [0, 0.05) is 24.3 Å². The molecule has 7 nitrogen and oxygen atoms in total. The maximum Gasteiger partial charge on any atom is 0.408 e. The molecule has 1 atom stereocenters. The average molecular weight is 569 g/mol. The number of benzene rings is 1. The quantitative estimate of drug-likeness (QED) is 0.419. The number of carbonyl (C=O) groups excluding carboxylic acids is 1. The number of rotatable bonds is 7. The van der Waals surface area contributed by atoms with Gasteiger partial charge in [0.1, 0.15) is 6.04 Å². The van der Waals surface area contributed by atoms with Gasteiger partial charge < -0.3 is 10.6 Å². The van der Waals surface area contributed by atoms with Crippen LogP contribution in [0.5, 0.6) is 0 Å². The van der Waals surface area contributed by atoms with Gasteiger partial charge in [0.05, 0.1) is 15.7 Å². The van der Waals surface area contributed by atoms with E-state index in [0.29, 0.717) is 30.3 Å². The van der Waals surface area contributed by atoms with Crippen molar-refractivity contribution in [3.8, 4) is 11.3 Å². The van der Waals surface area contributed by atoms with Gasteiger partial charge >= 0.3 is 17.7 Å². The number of hydrogen-bond donors (Lipinski definition) is 2. The van der Waals surface area contributed by atoms with Crippen molar-refractivity contribution in [2.24, 2.45) is 11.8 Å². The summed E-state index contributed by atoms with van der Waals surface area (Å²) in [6.45, 7) is 6.15. The molecule has 1 fully saturated rings. The molecule has 0 spiro atoms. The van der Waals surface area contributed by atoms with Gasteiger partial charge in [-0.25, -0.2) is 0 Å². The van der Waals surface area contributed by atoms with Crippen LogP contribution in [0.1, 0.15) is 56.9 Å². The molecule has 13 heteroatoms. The lowest BCUT2D eigenvalue weighted by atomic mass is 9.83. The molecule has 1 aromatic heterocycles. The van der Waals surface area contributed by atoms with Crippen LogP contribution in [-0.2, 0) is 18.1 Å². The van der Waals surface area contributed by atoms with E-state index in [9.17, 15) is 18.0 Å². The summed E-state index contributed by atoms with van der Waals surface area (Å²) in [5.41, 5.74) is 1.28. The minimum absolute atomic E-state index is 0.113. The summed E-state index contributed by atoms with van der Waals surface area (Å²) in [4.78, 5) is 12.8. The predicted molar refractivity (Wildman–Crippen MR) is 135 cm³/mol. The molecule has 1 aliphatic rings. The van der Waals surface area contributed by atoms with E-state index >= 15 is 0 Å². The van der Waals surface area contributed by atoms with E-state index in [-0.39, 0.29) is 27.3 Å². The van der Waals surface area contributed by atoms with Gasteiger partial charge in [-0.1, -0.05) is 43.0 Å². The van der Waals surface area contributed by atoms with Crippen molar-refractivity contribution in [3.05, 3.63) is 33.9 Å². The van der Waals surface area contributed by atoms with Crippen LogP contribution in [0.4, 0.5) is 18.9 Å². The van der Waals surface area contributed by atoms with Crippen LogP contribution < -0.4 is 10.6 Å². The molecule has 200 valence electrons. The molecular weight excluding hydrogens is 540 g/mol. The highest BCUT2D eigenvalue weighted by Crippen LogP contribution is 2.37. The fourth-order valence-electron chi connectivity index (χ4n) is 4.05. The molecule has 0 radical (unpaired) electrons. The van der Waals surface area contributed by atoms with E-state index < -0.39 is 23.8 Å². The number of nitrogens with zero attached hydrogens (tertiary/aromatic N) is 2. The maximum absolute atomic E-state index is 12.8. The van der Waals surface area contributed by atoms with E-state index in [1.165, 1.54) is 25.0 Å². The second-order valence-electron chi connectivity index (χ2n) is 8.83. The molecule has 1 saturated carbocycles. The SMILES string of the molecule is CCn1nc(C(=O)NCC2CCC(C)CC2)c(Cl)c1-c1ccc(N[C@H](C)C(F)(F)F)cc1Cl.O=S=O. The molecule has 3 rings (SSSR count). The molecule has 36 heavy (non-hydrogen) atoms. The number of halogens is 5. The minimum atomic E-state index is -4.38. The molecular formula is C23H29Cl2F3N4O3S. The highest BCUT2D eigenvalue weighted by Gasteiger charge is 2.36. The van der Waals surface area contributed by atoms with E-state index in [2.05, 4.69) is 22.7 Å². The van der Waals surface area contributed by atoms with Gasteiger partial charge in [-0.05, 0) is 56.7 Å². The molecule has 0 unspecified atom stereocenters. The number of anilines is 1. The lowest BCUT2D eigenvalue weighted by Gasteiger charge is -2.26. The van der Waals surface area contributed by atoms with Gasteiger partial charge in [-0.2, -0.15) is 26.7 Å². The van der Waals surface area contributed by atoms with Crippen molar-refractivity contribution in [1.82, 2.24) is 15.1 Å². The zero-order valence-corrected chi connectivity index (χ0v) is 22.5. The standard InChI is InChI=1S/C23H29Cl2F3N4O.O2S/c1-4-32-21(17-10-9-16(11-18(17)24)30-14(3)23(26,27)28)19(25)20(31-32)22(33)29-12-15-7-5-13(2)6-8-15;1-3-2/h9-11,13-15,30H,4-8,12H2,1-3H3,(H,29,33);/t13?,14-,15?;/m1./s1. The molecule has 1 aliphatic carbocycles. The van der Waals surface area contributed by atoms with E-state index in [4.69, 9.17) is 31.6 Å². The molecule has 0 aliphatic heterocycles. The van der Waals surface area contributed by atoms with E-state index in [0.717, 1.165) is 25.7 Å². The Hall–Kier alpha value is -2.11. The maximum atomic E-state index is 12.8. The molecule has 0 saturated heterocycles. The third-order valence-corrected chi connectivity index (χ3v) is 6.87. The Labute approximate surface area is 221 Å². The first kappa shape index (κ1) is 30.1. The lowest BCUT2D eigenvalue weighted by Crippen LogP contribution is -2.33. The van der Waals surface area contributed by atoms with Gasteiger partial charge in [0.15, 0.2) is 5.69 Å². The number of amides is 1. The Morgan fingerprint density at radius 1 is 1.22 bits per heavy atom. The van der Waals surface area contributed by atoms with Crippen molar-refractivity contribution in [3.63, 3.8) is 0 Å². The Balaban J connectivity index is 0.00000145. The van der Waals surface area contributed by atoms with Crippen LogP contribution in [0.15, 0.2) is 18.2 Å². The molecule has 1 aromatic carbocycles. The zero-order chi connectivity index (χ0) is 27.0. The largest absolute Gasteiger partial charge is 0.408 e. The molecule has 0 bridgehead atoms. The number of carbonyl (C=O) groups is 1. The smallest absolute Gasteiger partial charge is 0.374 e. The Morgan fingerprint density at radius 2 is 1.83 bits per heavy atom. The van der Waals surface area contributed by atoms with E-state index in [1.54, 1.807) is 10.7 Å². The minimum Gasteiger partial charge on any atom is -0.374 e. The summed E-state index contributed by atoms with van der Waals surface area (Å²) < 4.78 is 56.7. The number of hydrogen-bond acceptors (Lipinski definition) is 5. The highest BCUT2D eigenvalue weighted by atomic mass is 35.5. The molecule has 2 N–H and O–H groups in total. The van der Waals surface area contributed by atoms with Crippen LogP contribution in [0, 0.1) is 11.8 Å². The first-order valence-corrected chi connectivity index (χ1v) is 12.9. The first-order valence-electron chi connectivity index (χ1n) is 11.5. The third kappa shape index (κ3) is 7.94. The van der Waals surface area contributed by atoms with Crippen molar-refractivity contribution in [1.29, 1.82) is 0 Å². The first-order chi connectivity index (χ1) is 16.9. The van der Waals surface area contributed by atoms with Crippen molar-refractivity contribution in [2.75, 3.05) is 11.9 Å². The van der Waals surface area contributed by atoms with Crippen LogP contribution in [-0.4, -0.2) is 42.9 Å². The van der Waals surface area contributed by atoms with Crippen LogP contribution in [0.25, 0.3) is 11.3 Å². The third-order valence-electron chi connectivity index (χ3n) is 6.19. The van der Waals surface area contributed by atoms with Gasteiger partial charge in [0.2, 0.25) is 0 Å². The summed E-state index contributed by atoms with van der Waals surface area (Å²) in [5, 5.41) is 10.1. The summed E-state index contributed by atoms with van der Waals surface area (Å²) in [5.74, 6) is 0.836. The topological polar surface area (TPSA) is 93.1 Å². The molecule has 1 heterocycles. The van der Waals surface area contributed by atoms with Crippen molar-refractivity contribution < 1.29 is 26.4 Å². The van der Waals surface area contributed by atoms with Gasteiger partial charge in [-0.15, -0.1) is 0 Å². The lowest BCUT2D eigenvalue weighted by molar-refractivity contribution is -0.138. The summed E-state index contributed by atoms with van der Waals surface area (Å²) >= 11 is 12.2. The normalized spacial score (nSPS) is 18.6. The molecule has 2 aromatic rings. The Kier molecular flexibility index (Phi) is 11.2. The van der Waals surface area contributed by atoms with Gasteiger partial charge in [-0.3, -0.25) is 9.48 Å². The van der Waals surface area contributed by atoms with Crippen LogP contribution in [0.2, 0.25) is 10.0 Å². The summed E-state index contributed by atoms with van der Waals surface area (Å²) in [6.07, 6.45) is 0.134. The Morgan fingerprint density at radius 3 is 2.36 bits per heavy atom. The monoisotopic (exact) mass is 568 g/mol. The second kappa shape index (κ2) is 13.4. The Bertz CT molecular complexity index is 1080.